The maximum absolute atomic E-state index is 11.6. The Morgan fingerprint density at radius 2 is 1.94 bits per heavy atom. The first-order valence-electron chi connectivity index (χ1n) is 5.78. The molecule has 4 heteroatoms. The van der Waals surface area contributed by atoms with Crippen molar-refractivity contribution in [2.24, 2.45) is 11.3 Å². The summed E-state index contributed by atoms with van der Waals surface area (Å²) in [5.74, 6) is -1.57. The Hall–Kier alpha value is -1.06. The van der Waals surface area contributed by atoms with Crippen molar-refractivity contribution < 1.29 is 14.7 Å². The SMILES string of the molecule is CCCC(C)(C)CNC(=O)C(C)CC(=O)O. The molecule has 1 atom stereocenters. The zero-order valence-electron chi connectivity index (χ0n) is 10.7. The average molecular weight is 229 g/mol. The molecule has 0 aliphatic carbocycles. The van der Waals surface area contributed by atoms with Gasteiger partial charge in [-0.1, -0.05) is 34.1 Å². The van der Waals surface area contributed by atoms with Crippen LogP contribution in [0, 0.1) is 11.3 Å². The molecule has 94 valence electrons. The van der Waals surface area contributed by atoms with E-state index in [4.69, 9.17) is 5.11 Å². The third kappa shape index (κ3) is 6.43. The first-order chi connectivity index (χ1) is 7.28. The van der Waals surface area contributed by atoms with E-state index in [-0.39, 0.29) is 17.7 Å². The summed E-state index contributed by atoms with van der Waals surface area (Å²) in [7, 11) is 0. The lowest BCUT2D eigenvalue weighted by molar-refractivity contribution is -0.140. The molecule has 0 aliphatic rings. The molecule has 0 radical (unpaired) electrons. The molecule has 0 aliphatic heterocycles. The number of aliphatic carboxylic acids is 1. The molecule has 16 heavy (non-hydrogen) atoms. The second-order valence-corrected chi connectivity index (χ2v) is 5.13. The van der Waals surface area contributed by atoms with E-state index in [2.05, 4.69) is 26.1 Å². The number of carbonyl (C=O) groups is 2. The first-order valence-corrected chi connectivity index (χ1v) is 5.78. The van der Waals surface area contributed by atoms with Gasteiger partial charge in [-0.15, -0.1) is 0 Å². The highest BCUT2D eigenvalue weighted by Gasteiger charge is 2.21. The third-order valence-corrected chi connectivity index (χ3v) is 2.60. The highest BCUT2D eigenvalue weighted by Crippen LogP contribution is 2.20. The second kappa shape index (κ2) is 6.51. The van der Waals surface area contributed by atoms with Gasteiger partial charge in [0.1, 0.15) is 0 Å². The van der Waals surface area contributed by atoms with Crippen molar-refractivity contribution >= 4 is 11.9 Å². The van der Waals surface area contributed by atoms with E-state index in [0.717, 1.165) is 12.8 Å². The average Bonchev–Trinajstić information content (AvgIpc) is 2.13. The summed E-state index contributed by atoms with van der Waals surface area (Å²) < 4.78 is 0. The summed E-state index contributed by atoms with van der Waals surface area (Å²) in [5, 5.41) is 11.4. The van der Waals surface area contributed by atoms with Crippen LogP contribution in [0.4, 0.5) is 0 Å². The molecule has 0 bridgehead atoms. The fraction of sp³-hybridized carbons (Fsp3) is 0.833. The molecule has 0 aromatic heterocycles. The van der Waals surface area contributed by atoms with Crippen LogP contribution < -0.4 is 5.32 Å². The van der Waals surface area contributed by atoms with Crippen LogP contribution in [-0.2, 0) is 9.59 Å². The van der Waals surface area contributed by atoms with E-state index >= 15 is 0 Å². The first kappa shape index (κ1) is 14.9. The number of nitrogens with one attached hydrogen (secondary N) is 1. The number of amides is 1. The second-order valence-electron chi connectivity index (χ2n) is 5.13. The van der Waals surface area contributed by atoms with Gasteiger partial charge in [-0.05, 0) is 11.8 Å². The van der Waals surface area contributed by atoms with Gasteiger partial charge in [0.15, 0.2) is 0 Å². The maximum atomic E-state index is 11.6. The minimum absolute atomic E-state index is 0.0767. The molecule has 0 aromatic rings. The fourth-order valence-corrected chi connectivity index (χ4v) is 1.62. The van der Waals surface area contributed by atoms with E-state index in [1.54, 1.807) is 6.92 Å². The van der Waals surface area contributed by atoms with Crippen LogP contribution in [0.15, 0.2) is 0 Å². The van der Waals surface area contributed by atoms with Gasteiger partial charge in [-0.3, -0.25) is 9.59 Å². The lowest BCUT2D eigenvalue weighted by Gasteiger charge is -2.25. The summed E-state index contributed by atoms with van der Waals surface area (Å²) in [6.07, 6.45) is 2.01. The Balaban J connectivity index is 4.01. The van der Waals surface area contributed by atoms with Crippen LogP contribution >= 0.6 is 0 Å². The van der Waals surface area contributed by atoms with Gasteiger partial charge in [0.2, 0.25) is 5.91 Å². The molecule has 4 nitrogen and oxygen atoms in total. The molecule has 0 fully saturated rings. The minimum atomic E-state index is -0.935. The van der Waals surface area contributed by atoms with Gasteiger partial charge in [0, 0.05) is 12.5 Å². The van der Waals surface area contributed by atoms with E-state index < -0.39 is 11.9 Å². The van der Waals surface area contributed by atoms with Gasteiger partial charge < -0.3 is 10.4 Å². The lowest BCUT2D eigenvalue weighted by Crippen LogP contribution is -2.37. The van der Waals surface area contributed by atoms with Gasteiger partial charge in [0.05, 0.1) is 6.42 Å². The van der Waals surface area contributed by atoms with E-state index in [1.165, 1.54) is 0 Å². The molecular weight excluding hydrogens is 206 g/mol. The molecule has 0 spiro atoms. The molecule has 1 unspecified atom stereocenters. The molecular formula is C12H23NO3. The van der Waals surface area contributed by atoms with Crippen LogP contribution in [0.5, 0.6) is 0 Å². The van der Waals surface area contributed by atoms with Gasteiger partial charge in [0.25, 0.3) is 0 Å². The number of hydrogen-bond acceptors (Lipinski definition) is 2. The maximum Gasteiger partial charge on any atom is 0.304 e. The predicted octanol–water partition coefficient (Wildman–Crippen LogP) is 2.04. The molecule has 0 saturated heterocycles. The Morgan fingerprint density at radius 1 is 1.38 bits per heavy atom. The highest BCUT2D eigenvalue weighted by atomic mass is 16.4. The Labute approximate surface area is 97.4 Å². The Kier molecular flexibility index (Phi) is 6.08. The molecule has 0 heterocycles. The number of carboxylic acids is 1. The normalized spacial score (nSPS) is 13.2. The van der Waals surface area contributed by atoms with Crippen molar-refractivity contribution in [1.82, 2.24) is 5.32 Å². The summed E-state index contributed by atoms with van der Waals surface area (Å²) in [6, 6.07) is 0. The van der Waals surface area contributed by atoms with E-state index in [0.29, 0.717) is 6.54 Å². The fourth-order valence-electron chi connectivity index (χ4n) is 1.62. The largest absolute Gasteiger partial charge is 0.481 e. The van der Waals surface area contributed by atoms with Crippen molar-refractivity contribution in [3.8, 4) is 0 Å². The molecule has 0 saturated carbocycles. The van der Waals surface area contributed by atoms with Crippen LogP contribution in [0.2, 0.25) is 0 Å². The third-order valence-electron chi connectivity index (χ3n) is 2.60. The van der Waals surface area contributed by atoms with E-state index in [1.807, 2.05) is 0 Å². The number of carboxylic acid groups (broad SMARTS) is 1. The van der Waals surface area contributed by atoms with E-state index in [9.17, 15) is 9.59 Å². The van der Waals surface area contributed by atoms with Crippen molar-refractivity contribution in [1.29, 1.82) is 0 Å². The Morgan fingerprint density at radius 3 is 2.38 bits per heavy atom. The molecule has 1 amide bonds. The van der Waals surface area contributed by atoms with Crippen LogP contribution in [0.25, 0.3) is 0 Å². The summed E-state index contributed by atoms with van der Waals surface area (Å²) in [4.78, 5) is 22.0. The summed E-state index contributed by atoms with van der Waals surface area (Å²) in [5.41, 5.74) is 0.0767. The Bertz CT molecular complexity index is 249. The number of rotatable bonds is 7. The summed E-state index contributed by atoms with van der Waals surface area (Å²) >= 11 is 0. The van der Waals surface area contributed by atoms with Gasteiger partial charge >= 0.3 is 5.97 Å². The zero-order valence-corrected chi connectivity index (χ0v) is 10.7. The zero-order chi connectivity index (χ0) is 12.8. The van der Waals surface area contributed by atoms with Crippen molar-refractivity contribution in [3.63, 3.8) is 0 Å². The van der Waals surface area contributed by atoms with Gasteiger partial charge in [-0.25, -0.2) is 0 Å². The van der Waals surface area contributed by atoms with Crippen LogP contribution in [0.3, 0.4) is 0 Å². The quantitative estimate of drug-likeness (QED) is 0.702. The number of carbonyl (C=O) groups excluding carboxylic acids is 1. The highest BCUT2D eigenvalue weighted by molar-refractivity contribution is 5.82. The number of hydrogen-bond donors (Lipinski definition) is 2. The summed E-state index contributed by atoms with van der Waals surface area (Å²) in [6.45, 7) is 8.54. The predicted molar refractivity (Wildman–Crippen MR) is 63.1 cm³/mol. The van der Waals surface area contributed by atoms with Crippen molar-refractivity contribution in [2.75, 3.05) is 6.54 Å². The topological polar surface area (TPSA) is 66.4 Å². The monoisotopic (exact) mass is 229 g/mol. The molecule has 0 aromatic carbocycles. The van der Waals surface area contributed by atoms with Crippen molar-refractivity contribution in [3.05, 3.63) is 0 Å². The lowest BCUT2D eigenvalue weighted by atomic mass is 9.88. The van der Waals surface area contributed by atoms with Crippen LogP contribution in [-0.4, -0.2) is 23.5 Å². The standard InChI is InChI=1S/C12H23NO3/c1-5-6-12(3,4)8-13-11(16)9(2)7-10(14)15/h9H,5-8H2,1-4H3,(H,13,16)(H,14,15). The smallest absolute Gasteiger partial charge is 0.304 e. The minimum Gasteiger partial charge on any atom is -0.481 e. The molecule has 0 rings (SSSR count). The van der Waals surface area contributed by atoms with Gasteiger partial charge in [-0.2, -0.15) is 0 Å². The van der Waals surface area contributed by atoms with Crippen LogP contribution in [0.1, 0.15) is 47.0 Å². The molecule has 2 N–H and O–H groups in total. The van der Waals surface area contributed by atoms with Crippen molar-refractivity contribution in [2.45, 2.75) is 47.0 Å².